The fraction of sp³-hybridized carbons (Fsp3) is 0.100. The van der Waals surface area contributed by atoms with Crippen LogP contribution in [0.15, 0.2) is 28.9 Å². The van der Waals surface area contributed by atoms with Crippen LogP contribution in [0, 0.1) is 0 Å². The van der Waals surface area contributed by atoms with Crippen molar-refractivity contribution in [3.05, 3.63) is 33.9 Å². The number of hydrogen-bond acceptors (Lipinski definition) is 2. The molecule has 1 heterocycles. The minimum Gasteiger partial charge on any atom is -0.497 e. The minimum absolute atomic E-state index is 0.661. The zero-order valence-electron chi connectivity index (χ0n) is 7.42. The molecule has 0 amide bonds. The Morgan fingerprint density at radius 1 is 1.43 bits per heavy atom. The Balaban J connectivity index is 2.78. The summed E-state index contributed by atoms with van der Waals surface area (Å²) in [5, 5.41) is 1.55. The van der Waals surface area contributed by atoms with Crippen molar-refractivity contribution < 1.29 is 4.74 Å². The second-order valence-corrected chi connectivity index (χ2v) is 4.04. The van der Waals surface area contributed by atoms with Gasteiger partial charge in [0.25, 0.3) is 0 Å². The summed E-state index contributed by atoms with van der Waals surface area (Å²) in [4.78, 5) is 4.23. The van der Waals surface area contributed by atoms with Gasteiger partial charge in [-0.05, 0) is 34.1 Å². The third kappa shape index (κ3) is 1.57. The number of fused-ring (bicyclic) bond motifs is 1. The molecular weight excluding hydrogens is 265 g/mol. The number of methoxy groups -OCH3 is 1. The van der Waals surface area contributed by atoms with Gasteiger partial charge < -0.3 is 4.74 Å². The molecule has 1 aromatic carbocycles. The van der Waals surface area contributed by atoms with Crippen LogP contribution in [0.2, 0.25) is 5.02 Å². The number of halogens is 2. The summed E-state index contributed by atoms with van der Waals surface area (Å²) in [5.41, 5.74) is 0.860. The summed E-state index contributed by atoms with van der Waals surface area (Å²) in [6.45, 7) is 0. The van der Waals surface area contributed by atoms with Crippen LogP contribution in [-0.4, -0.2) is 12.1 Å². The van der Waals surface area contributed by atoms with Crippen LogP contribution in [0.4, 0.5) is 0 Å². The van der Waals surface area contributed by atoms with Gasteiger partial charge in [0.2, 0.25) is 0 Å². The number of benzene rings is 1. The summed E-state index contributed by atoms with van der Waals surface area (Å²) in [6.07, 6.45) is 1.69. The van der Waals surface area contributed by atoms with Gasteiger partial charge >= 0.3 is 0 Å². The van der Waals surface area contributed by atoms with E-state index in [-0.39, 0.29) is 0 Å². The standard InChI is InChI=1S/C10H7BrClNO/c1-14-6-2-3-9-7(4-6)10(12)8(11)5-13-9/h2-5H,1H3. The highest BCUT2D eigenvalue weighted by Crippen LogP contribution is 2.31. The number of ether oxygens (including phenoxy) is 1. The van der Waals surface area contributed by atoms with Gasteiger partial charge in [-0.25, -0.2) is 0 Å². The lowest BCUT2D eigenvalue weighted by Gasteiger charge is -2.04. The lowest BCUT2D eigenvalue weighted by atomic mass is 10.2. The SMILES string of the molecule is COc1ccc2ncc(Br)c(Cl)c2c1. The van der Waals surface area contributed by atoms with E-state index in [1.54, 1.807) is 13.3 Å². The molecule has 0 aliphatic carbocycles. The van der Waals surface area contributed by atoms with Crippen molar-refractivity contribution in [1.82, 2.24) is 4.98 Å². The van der Waals surface area contributed by atoms with Gasteiger partial charge in [-0.15, -0.1) is 0 Å². The van der Waals surface area contributed by atoms with Gasteiger partial charge in [0.05, 0.1) is 22.1 Å². The predicted octanol–water partition coefficient (Wildman–Crippen LogP) is 3.66. The molecule has 0 N–H and O–H groups in total. The summed E-state index contributed by atoms with van der Waals surface area (Å²) in [5.74, 6) is 0.777. The lowest BCUT2D eigenvalue weighted by molar-refractivity contribution is 0.415. The number of rotatable bonds is 1. The number of hydrogen-bond donors (Lipinski definition) is 0. The highest BCUT2D eigenvalue weighted by Gasteiger charge is 2.05. The molecule has 1 aromatic heterocycles. The van der Waals surface area contributed by atoms with Crippen LogP contribution in [-0.2, 0) is 0 Å². The molecule has 4 heteroatoms. The molecule has 0 atom stereocenters. The Morgan fingerprint density at radius 3 is 2.93 bits per heavy atom. The minimum atomic E-state index is 0.661. The third-order valence-corrected chi connectivity index (χ3v) is 3.20. The van der Waals surface area contributed by atoms with Gasteiger partial charge in [-0.2, -0.15) is 0 Å². The Morgan fingerprint density at radius 2 is 2.21 bits per heavy atom. The Labute approximate surface area is 95.0 Å². The molecule has 72 valence electrons. The first-order chi connectivity index (χ1) is 6.72. The van der Waals surface area contributed by atoms with Crippen molar-refractivity contribution in [3.8, 4) is 5.75 Å². The van der Waals surface area contributed by atoms with Crippen LogP contribution >= 0.6 is 27.5 Å². The molecule has 0 fully saturated rings. The highest BCUT2D eigenvalue weighted by atomic mass is 79.9. The second-order valence-electron chi connectivity index (χ2n) is 2.80. The molecule has 14 heavy (non-hydrogen) atoms. The van der Waals surface area contributed by atoms with Crippen LogP contribution in [0.1, 0.15) is 0 Å². The van der Waals surface area contributed by atoms with Crippen LogP contribution in [0.3, 0.4) is 0 Å². The quantitative estimate of drug-likeness (QED) is 0.790. The van der Waals surface area contributed by atoms with Gasteiger partial charge in [-0.1, -0.05) is 11.6 Å². The fourth-order valence-corrected chi connectivity index (χ4v) is 1.76. The maximum absolute atomic E-state index is 6.11. The summed E-state index contributed by atoms with van der Waals surface area (Å²) in [6, 6.07) is 5.61. The molecule has 0 saturated carbocycles. The third-order valence-electron chi connectivity index (χ3n) is 1.97. The smallest absolute Gasteiger partial charge is 0.119 e. The number of nitrogens with zero attached hydrogens (tertiary/aromatic N) is 1. The summed E-state index contributed by atoms with van der Waals surface area (Å²) < 4.78 is 5.91. The number of pyridine rings is 1. The second kappa shape index (κ2) is 3.75. The van der Waals surface area contributed by atoms with Crippen LogP contribution in [0.25, 0.3) is 10.9 Å². The maximum atomic E-state index is 6.11. The first-order valence-corrected chi connectivity index (χ1v) is 5.17. The van der Waals surface area contributed by atoms with Crippen molar-refractivity contribution in [2.24, 2.45) is 0 Å². The van der Waals surface area contributed by atoms with Crippen molar-refractivity contribution in [3.63, 3.8) is 0 Å². The molecule has 0 saturated heterocycles. The molecule has 2 rings (SSSR count). The first-order valence-electron chi connectivity index (χ1n) is 4.00. The molecule has 2 nitrogen and oxygen atoms in total. The molecule has 0 radical (unpaired) electrons. The molecule has 0 unspecified atom stereocenters. The molecule has 0 aliphatic rings. The topological polar surface area (TPSA) is 22.1 Å². The molecule has 0 bridgehead atoms. The van der Waals surface area contributed by atoms with Crippen molar-refractivity contribution in [1.29, 1.82) is 0 Å². The highest BCUT2D eigenvalue weighted by molar-refractivity contribution is 9.10. The summed E-state index contributed by atoms with van der Waals surface area (Å²) >= 11 is 9.44. The van der Waals surface area contributed by atoms with Crippen molar-refractivity contribution in [2.45, 2.75) is 0 Å². The van der Waals surface area contributed by atoms with Gasteiger partial charge in [0.15, 0.2) is 0 Å². The van der Waals surface area contributed by atoms with E-state index in [1.165, 1.54) is 0 Å². The largest absolute Gasteiger partial charge is 0.497 e. The average molecular weight is 273 g/mol. The molecular formula is C10H7BrClNO. The number of aromatic nitrogens is 1. The van der Waals surface area contributed by atoms with E-state index in [9.17, 15) is 0 Å². The first kappa shape index (κ1) is 9.74. The van der Waals surface area contributed by atoms with E-state index in [2.05, 4.69) is 20.9 Å². The maximum Gasteiger partial charge on any atom is 0.119 e. The summed E-state index contributed by atoms with van der Waals surface area (Å²) in [7, 11) is 1.63. The van der Waals surface area contributed by atoms with Gasteiger partial charge in [0, 0.05) is 11.6 Å². The molecule has 0 spiro atoms. The Hall–Kier alpha value is -0.800. The molecule has 0 aliphatic heterocycles. The predicted molar refractivity (Wildman–Crippen MR) is 61.0 cm³/mol. The Bertz CT molecular complexity index is 487. The van der Waals surface area contributed by atoms with E-state index >= 15 is 0 Å². The van der Waals surface area contributed by atoms with E-state index in [1.807, 2.05) is 18.2 Å². The average Bonchev–Trinajstić information content (AvgIpc) is 2.23. The molecule has 2 aromatic rings. The fourth-order valence-electron chi connectivity index (χ4n) is 1.24. The lowest BCUT2D eigenvalue weighted by Crippen LogP contribution is -1.85. The van der Waals surface area contributed by atoms with E-state index in [4.69, 9.17) is 16.3 Å². The Kier molecular flexibility index (Phi) is 2.61. The van der Waals surface area contributed by atoms with Gasteiger partial charge in [0.1, 0.15) is 5.75 Å². The van der Waals surface area contributed by atoms with Crippen LogP contribution < -0.4 is 4.74 Å². The van der Waals surface area contributed by atoms with E-state index < -0.39 is 0 Å². The van der Waals surface area contributed by atoms with Crippen LogP contribution in [0.5, 0.6) is 5.75 Å². The monoisotopic (exact) mass is 271 g/mol. The zero-order valence-corrected chi connectivity index (χ0v) is 9.76. The van der Waals surface area contributed by atoms with Crippen molar-refractivity contribution in [2.75, 3.05) is 7.11 Å². The van der Waals surface area contributed by atoms with E-state index in [0.29, 0.717) is 5.02 Å². The van der Waals surface area contributed by atoms with Crippen molar-refractivity contribution >= 4 is 38.4 Å². The zero-order chi connectivity index (χ0) is 10.1. The normalized spacial score (nSPS) is 10.5. The van der Waals surface area contributed by atoms with E-state index in [0.717, 1.165) is 21.1 Å². The van der Waals surface area contributed by atoms with Gasteiger partial charge in [-0.3, -0.25) is 4.98 Å².